The fourth-order valence-electron chi connectivity index (χ4n) is 2.29. The molecule has 3 N–H and O–H groups in total. The molecule has 3 rings (SSSR count). The molecule has 124 valence electrons. The van der Waals surface area contributed by atoms with Crippen LogP contribution in [0.4, 0.5) is 24.7 Å². The summed E-state index contributed by atoms with van der Waals surface area (Å²) in [6.45, 7) is 0. The molecule has 6 nitrogen and oxygen atoms in total. The number of halogens is 3. The third-order valence-electron chi connectivity index (χ3n) is 3.34. The standard InChI is InChI=1S/C15H12F3N5O/c1-23-7-11(12(22-23)15(16,17)18)21-14(24)9-6-8-4-2-3-5-10(8)20-13(9)19/h2-7H,1H3,(H2,19,20)(H,21,24). The summed E-state index contributed by atoms with van der Waals surface area (Å²) in [7, 11) is 1.33. The molecule has 0 saturated carbocycles. The summed E-state index contributed by atoms with van der Waals surface area (Å²) in [5.41, 5.74) is 4.72. The van der Waals surface area contributed by atoms with Crippen LogP contribution in [-0.4, -0.2) is 20.7 Å². The maximum atomic E-state index is 12.9. The van der Waals surface area contributed by atoms with E-state index in [1.807, 2.05) is 0 Å². The molecule has 1 aromatic carbocycles. The van der Waals surface area contributed by atoms with Crippen molar-refractivity contribution in [2.75, 3.05) is 11.1 Å². The van der Waals surface area contributed by atoms with Crippen molar-refractivity contribution in [1.29, 1.82) is 0 Å². The number of para-hydroxylation sites is 1. The van der Waals surface area contributed by atoms with Crippen molar-refractivity contribution in [2.45, 2.75) is 6.18 Å². The van der Waals surface area contributed by atoms with Crippen LogP contribution in [-0.2, 0) is 13.2 Å². The Kier molecular flexibility index (Phi) is 3.63. The summed E-state index contributed by atoms with van der Waals surface area (Å²) in [6.07, 6.45) is -3.61. The number of nitrogen functional groups attached to an aromatic ring is 1. The number of benzene rings is 1. The number of nitrogens with zero attached hydrogens (tertiary/aromatic N) is 3. The summed E-state index contributed by atoms with van der Waals surface area (Å²) in [5.74, 6) is -0.854. The number of amides is 1. The van der Waals surface area contributed by atoms with E-state index >= 15 is 0 Å². The summed E-state index contributed by atoms with van der Waals surface area (Å²) in [5, 5.41) is 6.18. The maximum Gasteiger partial charge on any atom is 0.437 e. The number of hydrogen-bond acceptors (Lipinski definition) is 4. The van der Waals surface area contributed by atoms with Gasteiger partial charge in [-0.05, 0) is 12.1 Å². The first-order valence-corrected chi connectivity index (χ1v) is 6.83. The monoisotopic (exact) mass is 335 g/mol. The first-order chi connectivity index (χ1) is 11.3. The number of nitrogens with one attached hydrogen (secondary N) is 1. The predicted octanol–water partition coefficient (Wildman–Crippen LogP) is 2.82. The summed E-state index contributed by atoms with van der Waals surface area (Å²) >= 11 is 0. The van der Waals surface area contributed by atoms with Crippen LogP contribution in [0.1, 0.15) is 16.1 Å². The van der Waals surface area contributed by atoms with E-state index in [2.05, 4.69) is 15.4 Å². The molecule has 24 heavy (non-hydrogen) atoms. The van der Waals surface area contributed by atoms with Gasteiger partial charge in [0.05, 0.1) is 16.8 Å². The van der Waals surface area contributed by atoms with Gasteiger partial charge < -0.3 is 11.1 Å². The average molecular weight is 335 g/mol. The molecule has 0 atom stereocenters. The number of fused-ring (bicyclic) bond motifs is 1. The molecule has 1 amide bonds. The summed E-state index contributed by atoms with van der Waals surface area (Å²) in [4.78, 5) is 16.4. The van der Waals surface area contributed by atoms with E-state index in [0.717, 1.165) is 10.9 Å². The Hall–Kier alpha value is -3.10. The smallest absolute Gasteiger partial charge is 0.383 e. The van der Waals surface area contributed by atoms with Gasteiger partial charge in [-0.2, -0.15) is 18.3 Å². The molecular weight excluding hydrogens is 323 g/mol. The number of aromatic nitrogens is 3. The number of carbonyl (C=O) groups excluding carboxylic acids is 1. The van der Waals surface area contributed by atoms with Crippen LogP contribution in [0.5, 0.6) is 0 Å². The van der Waals surface area contributed by atoms with E-state index in [4.69, 9.17) is 5.73 Å². The van der Waals surface area contributed by atoms with Gasteiger partial charge in [-0.1, -0.05) is 18.2 Å². The van der Waals surface area contributed by atoms with Gasteiger partial charge in [0, 0.05) is 18.6 Å². The highest BCUT2D eigenvalue weighted by atomic mass is 19.4. The topological polar surface area (TPSA) is 85.8 Å². The quantitative estimate of drug-likeness (QED) is 0.754. The highest BCUT2D eigenvalue weighted by molar-refractivity contribution is 6.09. The third kappa shape index (κ3) is 2.87. The molecule has 0 aliphatic carbocycles. The number of rotatable bonds is 2. The fraction of sp³-hybridized carbons (Fsp3) is 0.133. The minimum absolute atomic E-state index is 0.00863. The lowest BCUT2D eigenvalue weighted by Gasteiger charge is -2.09. The molecule has 0 radical (unpaired) electrons. The minimum Gasteiger partial charge on any atom is -0.383 e. The van der Waals surface area contributed by atoms with Crippen LogP contribution in [0, 0.1) is 0 Å². The Balaban J connectivity index is 1.98. The van der Waals surface area contributed by atoms with Crippen molar-refractivity contribution in [3.8, 4) is 0 Å². The molecule has 0 bridgehead atoms. The summed E-state index contributed by atoms with van der Waals surface area (Å²) in [6, 6.07) is 8.45. The number of anilines is 2. The predicted molar refractivity (Wildman–Crippen MR) is 82.3 cm³/mol. The number of carbonyl (C=O) groups is 1. The second-order valence-corrected chi connectivity index (χ2v) is 5.13. The molecule has 2 aromatic heterocycles. The number of pyridine rings is 1. The number of alkyl halides is 3. The molecule has 0 fully saturated rings. The van der Waals surface area contributed by atoms with E-state index in [9.17, 15) is 18.0 Å². The average Bonchev–Trinajstić information content (AvgIpc) is 2.87. The van der Waals surface area contributed by atoms with Gasteiger partial charge in [0.1, 0.15) is 5.82 Å². The van der Waals surface area contributed by atoms with Gasteiger partial charge in [0.2, 0.25) is 0 Å². The second kappa shape index (κ2) is 5.52. The molecule has 9 heteroatoms. The lowest BCUT2D eigenvalue weighted by Crippen LogP contribution is -2.17. The molecular formula is C15H12F3N5O. The second-order valence-electron chi connectivity index (χ2n) is 5.13. The van der Waals surface area contributed by atoms with Crippen LogP contribution in [0.25, 0.3) is 10.9 Å². The van der Waals surface area contributed by atoms with Crippen molar-refractivity contribution in [2.24, 2.45) is 7.05 Å². The Bertz CT molecular complexity index is 932. The highest BCUT2D eigenvalue weighted by Crippen LogP contribution is 2.33. The molecule has 3 aromatic rings. The highest BCUT2D eigenvalue weighted by Gasteiger charge is 2.37. The van der Waals surface area contributed by atoms with Gasteiger partial charge in [-0.3, -0.25) is 9.48 Å². The number of hydrogen-bond donors (Lipinski definition) is 2. The van der Waals surface area contributed by atoms with Crippen LogP contribution < -0.4 is 11.1 Å². The molecule has 2 heterocycles. The summed E-state index contributed by atoms with van der Waals surface area (Å²) < 4.78 is 39.8. The van der Waals surface area contributed by atoms with Gasteiger partial charge in [-0.25, -0.2) is 4.98 Å². The Morgan fingerprint density at radius 3 is 2.71 bits per heavy atom. The van der Waals surface area contributed by atoms with Crippen LogP contribution in [0.15, 0.2) is 36.5 Å². The van der Waals surface area contributed by atoms with Gasteiger partial charge in [0.25, 0.3) is 5.91 Å². The first kappa shape index (κ1) is 15.8. The van der Waals surface area contributed by atoms with E-state index in [0.29, 0.717) is 10.9 Å². The zero-order valence-electron chi connectivity index (χ0n) is 12.4. The Morgan fingerprint density at radius 1 is 1.29 bits per heavy atom. The van der Waals surface area contributed by atoms with Crippen LogP contribution in [0.2, 0.25) is 0 Å². The van der Waals surface area contributed by atoms with E-state index < -0.39 is 23.5 Å². The Labute approximate surface area is 134 Å². The van der Waals surface area contributed by atoms with E-state index in [1.54, 1.807) is 24.3 Å². The lowest BCUT2D eigenvalue weighted by molar-refractivity contribution is -0.140. The van der Waals surface area contributed by atoms with Gasteiger partial charge >= 0.3 is 6.18 Å². The maximum absolute atomic E-state index is 12.9. The van der Waals surface area contributed by atoms with E-state index in [1.165, 1.54) is 13.1 Å². The number of aryl methyl sites for hydroxylation is 1. The lowest BCUT2D eigenvalue weighted by atomic mass is 10.1. The molecule has 0 saturated heterocycles. The first-order valence-electron chi connectivity index (χ1n) is 6.83. The SMILES string of the molecule is Cn1cc(NC(=O)c2cc3ccccc3nc2N)c(C(F)(F)F)n1. The zero-order chi connectivity index (χ0) is 17.5. The largest absolute Gasteiger partial charge is 0.437 e. The molecule has 0 spiro atoms. The zero-order valence-corrected chi connectivity index (χ0v) is 12.4. The van der Waals surface area contributed by atoms with Gasteiger partial charge in [-0.15, -0.1) is 0 Å². The Morgan fingerprint density at radius 2 is 2.00 bits per heavy atom. The van der Waals surface area contributed by atoms with Crippen molar-refractivity contribution in [3.05, 3.63) is 47.8 Å². The fourth-order valence-corrected chi connectivity index (χ4v) is 2.29. The van der Waals surface area contributed by atoms with Crippen LogP contribution >= 0.6 is 0 Å². The van der Waals surface area contributed by atoms with Crippen LogP contribution in [0.3, 0.4) is 0 Å². The third-order valence-corrected chi connectivity index (χ3v) is 3.34. The van der Waals surface area contributed by atoms with Crippen molar-refractivity contribution in [1.82, 2.24) is 14.8 Å². The van der Waals surface area contributed by atoms with Gasteiger partial charge in [0.15, 0.2) is 5.69 Å². The van der Waals surface area contributed by atoms with E-state index in [-0.39, 0.29) is 11.4 Å². The van der Waals surface area contributed by atoms with Crippen molar-refractivity contribution in [3.63, 3.8) is 0 Å². The molecule has 0 aliphatic heterocycles. The normalized spacial score (nSPS) is 11.7. The molecule has 0 unspecified atom stereocenters. The minimum atomic E-state index is -4.68. The van der Waals surface area contributed by atoms with Crippen molar-refractivity contribution >= 4 is 28.3 Å². The molecule has 0 aliphatic rings. The van der Waals surface area contributed by atoms with Crippen molar-refractivity contribution < 1.29 is 18.0 Å². The number of nitrogens with two attached hydrogens (primary N) is 1.